The number of amides is 2. The van der Waals surface area contributed by atoms with Crippen molar-refractivity contribution in [2.24, 2.45) is 5.92 Å². The molecule has 10 nitrogen and oxygen atoms in total. The van der Waals surface area contributed by atoms with Crippen molar-refractivity contribution in [2.45, 2.75) is 71.4 Å². The number of rotatable bonds is 12. The Kier molecular flexibility index (Phi) is 12.3. The zero-order valence-corrected chi connectivity index (χ0v) is 21.1. The van der Waals surface area contributed by atoms with Gasteiger partial charge in [-0.05, 0) is 38.8 Å². The lowest BCUT2D eigenvalue weighted by Gasteiger charge is -2.38. The van der Waals surface area contributed by atoms with Gasteiger partial charge in [0.25, 0.3) is 5.91 Å². The van der Waals surface area contributed by atoms with Gasteiger partial charge in [0.2, 0.25) is 5.91 Å². The number of thiol groups is 1. The van der Waals surface area contributed by atoms with E-state index >= 15 is 0 Å². The van der Waals surface area contributed by atoms with Gasteiger partial charge in [0.1, 0.15) is 11.7 Å². The van der Waals surface area contributed by atoms with E-state index in [-0.39, 0.29) is 30.0 Å². The van der Waals surface area contributed by atoms with Crippen LogP contribution in [-0.2, 0) is 23.9 Å². The number of piperidine rings is 1. The molecule has 1 aliphatic rings. The van der Waals surface area contributed by atoms with Crippen molar-refractivity contribution < 1.29 is 29.0 Å². The predicted octanol–water partition coefficient (Wildman–Crippen LogP) is 1.83. The van der Waals surface area contributed by atoms with E-state index in [9.17, 15) is 24.3 Å². The van der Waals surface area contributed by atoms with E-state index < -0.39 is 30.6 Å². The molecule has 188 valence electrons. The molecule has 1 aliphatic heterocycles. The number of nitrogens with one attached hydrogen (secondary N) is 1. The molecule has 0 spiro atoms. The predicted molar refractivity (Wildman–Crippen MR) is 127 cm³/mol. The Morgan fingerprint density at radius 3 is 2.45 bits per heavy atom. The summed E-state index contributed by atoms with van der Waals surface area (Å²) >= 11 is 3.94. The summed E-state index contributed by atoms with van der Waals surface area (Å²) in [5.74, 6) is -2.88. The largest absolute Gasteiger partial charge is 0.477 e. The number of carbonyl (C=O) groups is 4. The van der Waals surface area contributed by atoms with Gasteiger partial charge in [-0.2, -0.15) is 0 Å². The molecule has 1 rings (SSSR count). The third-order valence-electron chi connectivity index (χ3n) is 5.96. The summed E-state index contributed by atoms with van der Waals surface area (Å²) in [6, 6.07) is -1.27. The van der Waals surface area contributed by atoms with Crippen LogP contribution in [0.3, 0.4) is 0 Å². The number of hydrogen-bond acceptors (Lipinski definition) is 8. The molecular weight excluding hydrogens is 448 g/mol. The van der Waals surface area contributed by atoms with Crippen molar-refractivity contribution in [2.75, 3.05) is 27.4 Å². The lowest BCUT2D eigenvalue weighted by atomic mass is 9.96. The average molecular weight is 487 g/mol. The summed E-state index contributed by atoms with van der Waals surface area (Å²) in [5, 5.41) is 15.5. The molecule has 1 heterocycles. The number of likely N-dealkylation sites (tertiary alicyclic amines) is 1. The summed E-state index contributed by atoms with van der Waals surface area (Å²) in [6.45, 7) is 5.87. The van der Waals surface area contributed by atoms with Crippen LogP contribution in [0.5, 0.6) is 0 Å². The molecule has 1 unspecified atom stereocenters. The summed E-state index contributed by atoms with van der Waals surface area (Å²) < 4.78 is 5.22. The summed E-state index contributed by atoms with van der Waals surface area (Å²) in [6.07, 6.45) is 3.98. The second-order valence-electron chi connectivity index (χ2n) is 8.34. The number of carboxylic acids is 1. The number of hydrogen-bond donors (Lipinski definition) is 3. The summed E-state index contributed by atoms with van der Waals surface area (Å²) in [7, 11) is 3.25. The number of aliphatic carboxylic acids is 1. The van der Waals surface area contributed by atoms with E-state index in [0.29, 0.717) is 19.3 Å². The van der Waals surface area contributed by atoms with Gasteiger partial charge in [0.05, 0.1) is 6.04 Å². The Bertz CT molecular complexity index is 732. The number of nitrogens with zero attached hydrogens (tertiary/aromatic N) is 3. The fourth-order valence-corrected chi connectivity index (χ4v) is 3.89. The molecule has 33 heavy (non-hydrogen) atoms. The Balaban J connectivity index is 3.20. The molecule has 0 aromatic heterocycles. The molecular formula is C22H38N4O6S. The van der Waals surface area contributed by atoms with Crippen LogP contribution in [0, 0.1) is 5.92 Å². The Labute approximate surface area is 201 Å². The normalized spacial score (nSPS) is 18.7. The molecule has 3 atom stereocenters. The lowest BCUT2D eigenvalue weighted by Crippen LogP contribution is -2.59. The van der Waals surface area contributed by atoms with Crippen molar-refractivity contribution in [3.63, 3.8) is 0 Å². The van der Waals surface area contributed by atoms with Crippen LogP contribution >= 0.6 is 12.6 Å². The van der Waals surface area contributed by atoms with E-state index in [1.165, 1.54) is 7.05 Å². The molecule has 0 aromatic rings. The van der Waals surface area contributed by atoms with E-state index in [4.69, 9.17) is 4.74 Å². The first-order chi connectivity index (χ1) is 15.6. The lowest BCUT2D eigenvalue weighted by molar-refractivity contribution is -0.170. The van der Waals surface area contributed by atoms with Crippen LogP contribution < -0.4 is 5.32 Å². The van der Waals surface area contributed by atoms with Crippen LogP contribution in [0.1, 0.15) is 59.3 Å². The molecule has 1 saturated heterocycles. The van der Waals surface area contributed by atoms with Gasteiger partial charge in [-0.15, -0.1) is 12.6 Å². The first-order valence-electron chi connectivity index (χ1n) is 11.4. The van der Waals surface area contributed by atoms with Crippen LogP contribution in [0.15, 0.2) is 11.1 Å². The zero-order chi connectivity index (χ0) is 25.1. The molecule has 0 radical (unpaired) electrons. The zero-order valence-electron chi connectivity index (χ0n) is 20.2. The van der Waals surface area contributed by atoms with Gasteiger partial charge in [-0.1, -0.05) is 33.6 Å². The van der Waals surface area contributed by atoms with E-state index in [2.05, 4.69) is 17.9 Å². The number of ether oxygens (including phenoxy) is 1. The van der Waals surface area contributed by atoms with Gasteiger partial charge in [-0.3, -0.25) is 24.3 Å². The van der Waals surface area contributed by atoms with Gasteiger partial charge >= 0.3 is 11.9 Å². The van der Waals surface area contributed by atoms with E-state index in [0.717, 1.165) is 34.8 Å². The minimum absolute atomic E-state index is 0.166. The monoisotopic (exact) mass is 486 g/mol. The van der Waals surface area contributed by atoms with Crippen molar-refractivity contribution in [1.29, 1.82) is 0 Å². The maximum Gasteiger partial charge on any atom is 0.354 e. The van der Waals surface area contributed by atoms with Crippen molar-refractivity contribution >= 4 is 36.4 Å². The van der Waals surface area contributed by atoms with Gasteiger partial charge in [0.15, 0.2) is 6.73 Å². The molecule has 2 amide bonds. The van der Waals surface area contributed by atoms with Crippen molar-refractivity contribution in [3.8, 4) is 0 Å². The fourth-order valence-electron chi connectivity index (χ4n) is 3.61. The highest BCUT2D eigenvalue weighted by Crippen LogP contribution is 2.19. The Morgan fingerprint density at radius 2 is 1.94 bits per heavy atom. The number of carbonyl (C=O) groups excluding carboxylic acids is 3. The second-order valence-corrected chi connectivity index (χ2v) is 8.60. The van der Waals surface area contributed by atoms with E-state index in [1.807, 2.05) is 32.7 Å². The molecule has 0 aliphatic carbocycles. The molecule has 0 aromatic carbocycles. The third-order valence-corrected chi connectivity index (χ3v) is 6.20. The highest BCUT2D eigenvalue weighted by atomic mass is 32.1. The summed E-state index contributed by atoms with van der Waals surface area (Å²) in [4.78, 5) is 52.2. The SMILES string of the molecule is CCCC(=O)OCN(C(=O)[C@@H](NC(=O)[C@H]1CCCCN1C)C(C)CC)N(C)/C(=C\S)C(=O)O. The fraction of sp³-hybridized carbons (Fsp3) is 0.727. The smallest absolute Gasteiger partial charge is 0.354 e. The topological polar surface area (TPSA) is 119 Å². The average Bonchev–Trinajstić information content (AvgIpc) is 2.77. The van der Waals surface area contributed by atoms with Crippen LogP contribution in [-0.4, -0.2) is 83.2 Å². The van der Waals surface area contributed by atoms with Crippen LogP contribution in [0.25, 0.3) is 0 Å². The highest BCUT2D eigenvalue weighted by Gasteiger charge is 2.36. The quantitative estimate of drug-likeness (QED) is 0.126. The molecule has 11 heteroatoms. The first-order valence-corrected chi connectivity index (χ1v) is 11.9. The van der Waals surface area contributed by atoms with Crippen molar-refractivity contribution in [3.05, 3.63) is 11.1 Å². The number of hydrazine groups is 1. The van der Waals surface area contributed by atoms with Crippen LogP contribution in [0.2, 0.25) is 0 Å². The van der Waals surface area contributed by atoms with E-state index in [1.54, 1.807) is 0 Å². The Morgan fingerprint density at radius 1 is 1.27 bits per heavy atom. The van der Waals surface area contributed by atoms with Gasteiger partial charge in [0, 0.05) is 18.9 Å². The van der Waals surface area contributed by atoms with Gasteiger partial charge < -0.3 is 15.2 Å². The number of esters is 1. The van der Waals surface area contributed by atoms with Crippen molar-refractivity contribution in [1.82, 2.24) is 20.2 Å². The number of carboxylic acid groups (broad SMARTS) is 1. The standard InChI is InChI=1S/C22H38N4O6S/c1-6-10-18(27)32-14-26(25(5)17(13-33)22(30)31)21(29)19(15(3)7-2)23-20(28)16-11-8-9-12-24(16)4/h13,15-16,19,33H,6-12,14H2,1-5H3,(H,23,28)(H,30,31)/b17-13-/t15?,16-,19+/m1/s1. The minimum atomic E-state index is -1.31. The molecule has 1 fully saturated rings. The molecule has 0 bridgehead atoms. The Hall–Kier alpha value is -2.27. The maximum absolute atomic E-state index is 13.6. The highest BCUT2D eigenvalue weighted by molar-refractivity contribution is 7.83. The molecule has 0 saturated carbocycles. The number of likely N-dealkylation sites (N-methyl/N-ethyl adjacent to an activating group) is 2. The minimum Gasteiger partial charge on any atom is -0.477 e. The second kappa shape index (κ2) is 14.1. The first kappa shape index (κ1) is 28.8. The van der Waals surface area contributed by atoms with Crippen LogP contribution in [0.4, 0.5) is 0 Å². The van der Waals surface area contributed by atoms with Gasteiger partial charge in [-0.25, -0.2) is 9.80 Å². The maximum atomic E-state index is 13.6. The third kappa shape index (κ3) is 8.22. The summed E-state index contributed by atoms with van der Waals surface area (Å²) in [5.41, 5.74) is -0.292. The molecule has 2 N–H and O–H groups in total.